The lowest BCUT2D eigenvalue weighted by Gasteiger charge is -2.34. The Hall–Kier alpha value is -1.60. The predicted molar refractivity (Wildman–Crippen MR) is 121 cm³/mol. The van der Waals surface area contributed by atoms with Crippen LogP contribution in [0.5, 0.6) is 0 Å². The molecule has 0 radical (unpaired) electrons. The van der Waals surface area contributed by atoms with Crippen molar-refractivity contribution in [3.05, 3.63) is 48.0 Å². The van der Waals surface area contributed by atoms with Crippen LogP contribution in [0.2, 0.25) is 0 Å². The van der Waals surface area contributed by atoms with Gasteiger partial charge in [0.1, 0.15) is 0 Å². The van der Waals surface area contributed by atoms with Gasteiger partial charge in [0.2, 0.25) is 0 Å². The summed E-state index contributed by atoms with van der Waals surface area (Å²) < 4.78 is 5.45. The largest absolute Gasteiger partial charge is 0.378 e. The maximum Gasteiger partial charge on any atom is 0.0825 e. The number of ether oxygens (including phenoxy) is 1. The smallest absolute Gasteiger partial charge is 0.0825 e. The molecule has 4 rings (SSSR count). The van der Waals surface area contributed by atoms with Crippen LogP contribution in [0.3, 0.4) is 0 Å². The fraction of sp³-hybridized carbons (Fsp3) is 0.409. The van der Waals surface area contributed by atoms with Crippen molar-refractivity contribution in [3.63, 3.8) is 0 Å². The van der Waals surface area contributed by atoms with Crippen LogP contribution in [0.4, 0.5) is 11.4 Å². The Kier molecular flexibility index (Phi) is 6.21. The van der Waals surface area contributed by atoms with E-state index in [0.717, 1.165) is 50.8 Å². The number of para-hydroxylation sites is 1. The van der Waals surface area contributed by atoms with Gasteiger partial charge in [0.15, 0.2) is 0 Å². The van der Waals surface area contributed by atoms with Gasteiger partial charge in [-0.3, -0.25) is 0 Å². The van der Waals surface area contributed by atoms with Crippen LogP contribution in [0.25, 0.3) is 0 Å². The summed E-state index contributed by atoms with van der Waals surface area (Å²) in [5.74, 6) is 0. The van der Waals surface area contributed by atoms with Crippen LogP contribution in [0.1, 0.15) is 5.56 Å². The molecule has 4 nitrogen and oxygen atoms in total. The first-order valence-corrected chi connectivity index (χ1v) is 11.0. The molecule has 2 aliphatic rings. The minimum Gasteiger partial charge on any atom is -0.378 e. The van der Waals surface area contributed by atoms with Crippen LogP contribution in [0, 0.1) is 0 Å². The minimum atomic E-state index is 0.774. The molecule has 28 heavy (non-hydrogen) atoms. The molecule has 0 unspecified atom stereocenters. The normalized spacial score (nSPS) is 16.1. The molecule has 2 aromatic rings. The average Bonchev–Trinajstić information content (AvgIpc) is 2.71. The van der Waals surface area contributed by atoms with Gasteiger partial charge in [0.25, 0.3) is 0 Å². The molecule has 2 aromatic carbocycles. The third-order valence-electron chi connectivity index (χ3n) is 5.18. The van der Waals surface area contributed by atoms with Crippen molar-refractivity contribution in [2.24, 2.45) is 0 Å². The topological polar surface area (TPSA) is 19.0 Å². The van der Waals surface area contributed by atoms with Crippen molar-refractivity contribution in [2.45, 2.75) is 16.2 Å². The second-order valence-electron chi connectivity index (χ2n) is 7.50. The molecule has 0 saturated carbocycles. The predicted octanol–water partition coefficient (Wildman–Crippen LogP) is 4.05. The zero-order valence-electron chi connectivity index (χ0n) is 16.6. The van der Waals surface area contributed by atoms with E-state index >= 15 is 0 Å². The van der Waals surface area contributed by atoms with E-state index in [9.17, 15) is 0 Å². The van der Waals surface area contributed by atoms with Gasteiger partial charge in [-0.15, -0.1) is 0 Å². The Morgan fingerprint density at radius 2 is 1.82 bits per heavy atom. The number of morpholine rings is 1. The van der Waals surface area contributed by atoms with Gasteiger partial charge in [-0.1, -0.05) is 42.2 Å². The summed E-state index contributed by atoms with van der Waals surface area (Å²) in [5, 5.41) is 0. The number of fused-ring (bicyclic) bond motifs is 2. The molecular weight excluding hydrogens is 386 g/mol. The average molecular weight is 414 g/mol. The second kappa shape index (κ2) is 8.82. The number of thiocarbonyl (C=S) groups is 1. The lowest BCUT2D eigenvalue weighted by molar-refractivity contribution is 0.0684. The van der Waals surface area contributed by atoms with Crippen molar-refractivity contribution in [3.8, 4) is 0 Å². The molecule has 2 heterocycles. The Bertz CT molecular complexity index is 849. The maximum absolute atomic E-state index is 5.73. The van der Waals surface area contributed by atoms with Crippen molar-refractivity contribution in [1.29, 1.82) is 0 Å². The summed E-state index contributed by atoms with van der Waals surface area (Å²) >= 11 is 7.59. The molecule has 6 heteroatoms. The fourth-order valence-electron chi connectivity index (χ4n) is 3.62. The quantitative estimate of drug-likeness (QED) is 0.684. The molecule has 0 spiro atoms. The zero-order chi connectivity index (χ0) is 19.5. The lowest BCUT2D eigenvalue weighted by Crippen LogP contribution is -2.40. The van der Waals surface area contributed by atoms with E-state index in [2.05, 4.69) is 71.3 Å². The maximum atomic E-state index is 5.73. The minimum absolute atomic E-state index is 0.774. The highest BCUT2D eigenvalue weighted by atomic mass is 32.2. The molecule has 0 atom stereocenters. The number of hydrogen-bond donors (Lipinski definition) is 0. The highest BCUT2D eigenvalue weighted by Gasteiger charge is 2.24. The summed E-state index contributed by atoms with van der Waals surface area (Å²) in [4.78, 5) is 10.6. The molecule has 2 aliphatic heterocycles. The van der Waals surface area contributed by atoms with Crippen LogP contribution < -0.4 is 4.90 Å². The van der Waals surface area contributed by atoms with E-state index < -0.39 is 0 Å². The summed E-state index contributed by atoms with van der Waals surface area (Å²) in [6.07, 6.45) is 0.816. The molecule has 0 amide bonds. The first kappa shape index (κ1) is 19.7. The van der Waals surface area contributed by atoms with Gasteiger partial charge in [-0.25, -0.2) is 0 Å². The highest BCUT2D eigenvalue weighted by molar-refractivity contribution is 7.99. The number of anilines is 2. The Balaban J connectivity index is 1.59. The fourth-order valence-corrected chi connectivity index (χ4v) is 5.05. The van der Waals surface area contributed by atoms with Crippen LogP contribution in [-0.2, 0) is 11.2 Å². The second-order valence-corrected chi connectivity index (χ2v) is 9.05. The van der Waals surface area contributed by atoms with Crippen LogP contribution >= 0.6 is 24.0 Å². The van der Waals surface area contributed by atoms with Gasteiger partial charge < -0.3 is 19.4 Å². The van der Waals surface area contributed by atoms with E-state index in [1.54, 1.807) is 0 Å². The van der Waals surface area contributed by atoms with Crippen molar-refractivity contribution in [1.82, 2.24) is 9.80 Å². The van der Waals surface area contributed by atoms with Gasteiger partial charge in [-0.2, -0.15) is 0 Å². The number of nitrogens with zero attached hydrogens (tertiary/aromatic N) is 3. The van der Waals surface area contributed by atoms with Gasteiger partial charge in [0.05, 0.1) is 29.6 Å². The lowest BCUT2D eigenvalue weighted by atomic mass is 10.1. The number of benzene rings is 2. The SMILES string of the molecule is CN(C)CCN1c2ccccc2Sc2ccc(CC(=S)N3CCOCC3)cc21. The molecule has 0 N–H and O–H groups in total. The number of hydrogen-bond acceptors (Lipinski definition) is 5. The molecule has 0 aromatic heterocycles. The summed E-state index contributed by atoms with van der Waals surface area (Å²) in [6.45, 7) is 5.33. The van der Waals surface area contributed by atoms with E-state index in [1.165, 1.54) is 26.7 Å². The first-order chi connectivity index (χ1) is 13.6. The Labute approximate surface area is 177 Å². The molecular formula is C22H27N3OS2. The van der Waals surface area contributed by atoms with E-state index in [-0.39, 0.29) is 0 Å². The number of rotatable bonds is 5. The Morgan fingerprint density at radius 1 is 1.07 bits per heavy atom. The van der Waals surface area contributed by atoms with Crippen molar-refractivity contribution >= 4 is 40.3 Å². The van der Waals surface area contributed by atoms with E-state index in [0.29, 0.717) is 0 Å². The van der Waals surface area contributed by atoms with E-state index in [1.807, 2.05) is 11.8 Å². The van der Waals surface area contributed by atoms with Gasteiger partial charge in [-0.05, 0) is 43.9 Å². The standard InChI is InChI=1S/C22H27N3OS2/c1-23(2)9-10-25-18-5-3-4-6-20(18)28-21-8-7-17(15-19(21)25)16-22(27)24-11-13-26-14-12-24/h3-8,15H,9-14,16H2,1-2H3. The zero-order valence-corrected chi connectivity index (χ0v) is 18.2. The van der Waals surface area contributed by atoms with Gasteiger partial charge in [0, 0.05) is 42.4 Å². The summed E-state index contributed by atoms with van der Waals surface area (Å²) in [5.41, 5.74) is 3.88. The third kappa shape index (κ3) is 4.35. The summed E-state index contributed by atoms with van der Waals surface area (Å²) in [6, 6.07) is 15.5. The van der Waals surface area contributed by atoms with Gasteiger partial charge >= 0.3 is 0 Å². The first-order valence-electron chi connectivity index (χ1n) is 9.79. The molecule has 148 valence electrons. The molecule has 0 aliphatic carbocycles. The monoisotopic (exact) mass is 413 g/mol. The van der Waals surface area contributed by atoms with Crippen molar-refractivity contribution < 1.29 is 4.74 Å². The molecule has 1 saturated heterocycles. The van der Waals surface area contributed by atoms with Crippen LogP contribution in [0.15, 0.2) is 52.3 Å². The Morgan fingerprint density at radius 3 is 2.61 bits per heavy atom. The summed E-state index contributed by atoms with van der Waals surface area (Å²) in [7, 11) is 4.26. The van der Waals surface area contributed by atoms with Crippen molar-refractivity contribution in [2.75, 3.05) is 58.4 Å². The van der Waals surface area contributed by atoms with Crippen LogP contribution in [-0.4, -0.2) is 68.3 Å². The number of likely N-dealkylation sites (N-methyl/N-ethyl adjacent to an activating group) is 1. The third-order valence-corrected chi connectivity index (χ3v) is 6.71. The molecule has 0 bridgehead atoms. The highest BCUT2D eigenvalue weighted by Crippen LogP contribution is 2.48. The van der Waals surface area contributed by atoms with E-state index in [4.69, 9.17) is 17.0 Å². The molecule has 1 fully saturated rings.